The van der Waals surface area contributed by atoms with Gasteiger partial charge in [-0.3, -0.25) is 0 Å². The maximum absolute atomic E-state index is 9.30. The highest BCUT2D eigenvalue weighted by Crippen LogP contribution is 2.24. The Bertz CT molecular complexity index is 860. The molecule has 0 bridgehead atoms. The van der Waals surface area contributed by atoms with Crippen LogP contribution in [0.5, 0.6) is 5.75 Å². The summed E-state index contributed by atoms with van der Waals surface area (Å²) >= 11 is 0. The van der Waals surface area contributed by atoms with Crippen molar-refractivity contribution < 1.29 is 9.84 Å². The van der Waals surface area contributed by atoms with Crippen LogP contribution in [0.2, 0.25) is 0 Å². The standard InChI is InChI=1S/C21H27N5O2/c1-3-7-17(10-11-27)25-21-20(12-22-16(2)24-21)28-14-18-13-26(15-23-18)19-8-5-4-6-9-19/h4-6,8-9,12-13,15,17,27H,3,7,10-11,14H2,1-2H3,(H,22,24,25)/t17-/m0/s1. The van der Waals surface area contributed by atoms with E-state index in [1.165, 1.54) is 0 Å². The highest BCUT2D eigenvalue weighted by molar-refractivity contribution is 5.49. The Labute approximate surface area is 165 Å². The molecule has 2 aromatic heterocycles. The van der Waals surface area contributed by atoms with Gasteiger partial charge in [0.2, 0.25) is 0 Å². The summed E-state index contributed by atoms with van der Waals surface area (Å²) < 4.78 is 7.92. The fourth-order valence-corrected chi connectivity index (χ4v) is 2.99. The number of imidazole rings is 1. The lowest BCUT2D eigenvalue weighted by molar-refractivity contribution is 0.275. The van der Waals surface area contributed by atoms with Crippen LogP contribution in [0, 0.1) is 6.92 Å². The number of anilines is 1. The molecule has 7 heteroatoms. The van der Waals surface area contributed by atoms with Gasteiger partial charge in [-0.15, -0.1) is 0 Å². The third kappa shape index (κ3) is 5.29. The molecule has 7 nitrogen and oxygen atoms in total. The van der Waals surface area contributed by atoms with E-state index in [4.69, 9.17) is 4.74 Å². The molecule has 1 aromatic carbocycles. The molecular weight excluding hydrogens is 354 g/mol. The Morgan fingerprint density at radius 3 is 2.75 bits per heavy atom. The fraction of sp³-hybridized carbons (Fsp3) is 0.381. The molecule has 2 N–H and O–H groups in total. The summed E-state index contributed by atoms with van der Waals surface area (Å²) in [5.74, 6) is 1.91. The number of aliphatic hydroxyl groups excluding tert-OH is 1. The third-order valence-corrected chi connectivity index (χ3v) is 4.40. The Morgan fingerprint density at radius 1 is 1.18 bits per heavy atom. The molecule has 0 aliphatic rings. The van der Waals surface area contributed by atoms with Crippen molar-refractivity contribution in [2.45, 2.75) is 45.8 Å². The Balaban J connectivity index is 1.70. The summed E-state index contributed by atoms with van der Waals surface area (Å²) in [6.07, 6.45) is 8.04. The van der Waals surface area contributed by atoms with E-state index in [2.05, 4.69) is 27.2 Å². The van der Waals surface area contributed by atoms with Gasteiger partial charge in [0.1, 0.15) is 12.4 Å². The Kier molecular flexibility index (Phi) is 6.97. The van der Waals surface area contributed by atoms with Crippen LogP contribution in [0.15, 0.2) is 49.1 Å². The van der Waals surface area contributed by atoms with Gasteiger partial charge in [-0.2, -0.15) is 0 Å². The number of aliphatic hydroxyl groups is 1. The largest absolute Gasteiger partial charge is 0.482 e. The molecule has 0 radical (unpaired) electrons. The van der Waals surface area contributed by atoms with Gasteiger partial charge in [0.05, 0.1) is 18.2 Å². The smallest absolute Gasteiger partial charge is 0.180 e. The van der Waals surface area contributed by atoms with Gasteiger partial charge in [0.25, 0.3) is 0 Å². The van der Waals surface area contributed by atoms with Crippen molar-refractivity contribution in [3.05, 3.63) is 60.6 Å². The van der Waals surface area contributed by atoms with E-state index in [1.54, 1.807) is 12.5 Å². The molecule has 3 rings (SSSR count). The lowest BCUT2D eigenvalue weighted by Crippen LogP contribution is -2.22. The highest BCUT2D eigenvalue weighted by Gasteiger charge is 2.14. The van der Waals surface area contributed by atoms with Crippen LogP contribution in [-0.2, 0) is 6.61 Å². The van der Waals surface area contributed by atoms with Gasteiger partial charge in [-0.1, -0.05) is 31.5 Å². The highest BCUT2D eigenvalue weighted by atomic mass is 16.5. The molecule has 28 heavy (non-hydrogen) atoms. The van der Waals surface area contributed by atoms with Crippen LogP contribution in [0.4, 0.5) is 5.82 Å². The minimum Gasteiger partial charge on any atom is -0.482 e. The topological polar surface area (TPSA) is 85.1 Å². The average Bonchev–Trinajstić information content (AvgIpc) is 3.18. The molecule has 0 saturated heterocycles. The van der Waals surface area contributed by atoms with Crippen molar-refractivity contribution in [1.29, 1.82) is 0 Å². The Morgan fingerprint density at radius 2 is 2.00 bits per heavy atom. The maximum Gasteiger partial charge on any atom is 0.180 e. The molecule has 148 valence electrons. The first-order valence-corrected chi connectivity index (χ1v) is 9.61. The maximum atomic E-state index is 9.30. The van der Waals surface area contributed by atoms with E-state index in [-0.39, 0.29) is 12.6 Å². The second kappa shape index (κ2) is 9.85. The normalized spacial score (nSPS) is 12.0. The molecular formula is C21H27N5O2. The molecule has 0 spiro atoms. The minimum atomic E-state index is 0.134. The quantitative estimate of drug-likeness (QED) is 0.559. The molecule has 0 unspecified atom stereocenters. The van der Waals surface area contributed by atoms with E-state index in [1.807, 2.05) is 48.0 Å². The zero-order valence-electron chi connectivity index (χ0n) is 16.4. The first-order valence-electron chi connectivity index (χ1n) is 9.61. The SMILES string of the molecule is CCC[C@@H](CCO)Nc1nc(C)ncc1OCc1cn(-c2ccccc2)cn1. The van der Waals surface area contributed by atoms with Crippen molar-refractivity contribution in [3.8, 4) is 11.4 Å². The van der Waals surface area contributed by atoms with Crippen LogP contribution in [0.1, 0.15) is 37.7 Å². The second-order valence-corrected chi connectivity index (χ2v) is 6.67. The first kappa shape index (κ1) is 19.8. The van der Waals surface area contributed by atoms with Gasteiger partial charge < -0.3 is 19.7 Å². The van der Waals surface area contributed by atoms with E-state index in [0.29, 0.717) is 30.4 Å². The van der Waals surface area contributed by atoms with Gasteiger partial charge in [-0.05, 0) is 31.9 Å². The van der Waals surface area contributed by atoms with Gasteiger partial charge in [0, 0.05) is 24.5 Å². The van der Waals surface area contributed by atoms with Crippen molar-refractivity contribution in [1.82, 2.24) is 19.5 Å². The predicted molar refractivity (Wildman–Crippen MR) is 109 cm³/mol. The zero-order valence-corrected chi connectivity index (χ0v) is 16.4. The van der Waals surface area contributed by atoms with Crippen molar-refractivity contribution >= 4 is 5.82 Å². The number of benzene rings is 1. The second-order valence-electron chi connectivity index (χ2n) is 6.67. The number of hydrogen-bond acceptors (Lipinski definition) is 6. The van der Waals surface area contributed by atoms with Crippen LogP contribution in [0.3, 0.4) is 0 Å². The van der Waals surface area contributed by atoms with Crippen LogP contribution < -0.4 is 10.1 Å². The number of para-hydroxylation sites is 1. The monoisotopic (exact) mass is 381 g/mol. The summed E-state index contributed by atoms with van der Waals surface area (Å²) in [5, 5.41) is 12.7. The molecule has 1 atom stereocenters. The van der Waals surface area contributed by atoms with Crippen LogP contribution >= 0.6 is 0 Å². The van der Waals surface area contributed by atoms with Crippen molar-refractivity contribution in [2.24, 2.45) is 0 Å². The number of nitrogens with zero attached hydrogens (tertiary/aromatic N) is 4. The van der Waals surface area contributed by atoms with E-state index in [0.717, 1.165) is 24.2 Å². The van der Waals surface area contributed by atoms with Crippen LogP contribution in [0.25, 0.3) is 5.69 Å². The molecule has 0 aliphatic carbocycles. The van der Waals surface area contributed by atoms with Gasteiger partial charge >= 0.3 is 0 Å². The van der Waals surface area contributed by atoms with E-state index in [9.17, 15) is 5.11 Å². The lowest BCUT2D eigenvalue weighted by atomic mass is 10.1. The molecule has 0 saturated carbocycles. The number of aryl methyl sites for hydroxylation is 1. The van der Waals surface area contributed by atoms with Crippen molar-refractivity contribution in [3.63, 3.8) is 0 Å². The van der Waals surface area contributed by atoms with Crippen molar-refractivity contribution in [2.75, 3.05) is 11.9 Å². The third-order valence-electron chi connectivity index (χ3n) is 4.40. The molecule has 0 aliphatic heterocycles. The number of rotatable bonds is 10. The minimum absolute atomic E-state index is 0.134. The average molecular weight is 381 g/mol. The summed E-state index contributed by atoms with van der Waals surface area (Å²) in [5.41, 5.74) is 1.87. The first-order chi connectivity index (χ1) is 13.7. The summed E-state index contributed by atoms with van der Waals surface area (Å²) in [6, 6.07) is 10.2. The molecule has 0 fully saturated rings. The zero-order chi connectivity index (χ0) is 19.8. The van der Waals surface area contributed by atoms with E-state index >= 15 is 0 Å². The van der Waals surface area contributed by atoms with E-state index < -0.39 is 0 Å². The fourth-order valence-electron chi connectivity index (χ4n) is 2.99. The molecule has 2 heterocycles. The van der Waals surface area contributed by atoms with Crippen LogP contribution in [-0.4, -0.2) is 37.3 Å². The lowest BCUT2D eigenvalue weighted by Gasteiger charge is -2.19. The summed E-state index contributed by atoms with van der Waals surface area (Å²) in [4.78, 5) is 13.2. The number of hydrogen-bond donors (Lipinski definition) is 2. The Hall–Kier alpha value is -2.93. The number of nitrogens with one attached hydrogen (secondary N) is 1. The molecule has 0 amide bonds. The predicted octanol–water partition coefficient (Wildman–Crippen LogP) is 3.51. The van der Waals surface area contributed by atoms with Gasteiger partial charge in [0.15, 0.2) is 11.6 Å². The summed E-state index contributed by atoms with van der Waals surface area (Å²) in [6.45, 7) is 4.42. The number of aromatic nitrogens is 4. The summed E-state index contributed by atoms with van der Waals surface area (Å²) in [7, 11) is 0. The number of ether oxygens (including phenoxy) is 1. The van der Waals surface area contributed by atoms with Gasteiger partial charge in [-0.25, -0.2) is 15.0 Å². The molecule has 3 aromatic rings.